The minimum atomic E-state index is -0.257. The monoisotopic (exact) mass is 199 g/mol. The van der Waals surface area contributed by atoms with E-state index in [2.05, 4.69) is 26.1 Å². The van der Waals surface area contributed by atoms with Gasteiger partial charge in [0, 0.05) is 12.1 Å². The van der Waals surface area contributed by atoms with Gasteiger partial charge in [-0.1, -0.05) is 26.7 Å². The molecule has 0 heterocycles. The van der Waals surface area contributed by atoms with E-state index in [1.54, 1.807) is 0 Å². The molecular weight excluding hydrogens is 174 g/mol. The van der Waals surface area contributed by atoms with E-state index in [1.807, 2.05) is 6.92 Å². The standard InChI is InChI=1S/C12H25NO/c1-9(10(2)14)13-11-7-5-6-8-12(11,3)4/h9-11,13-14H,5-8H2,1-4H3. The summed E-state index contributed by atoms with van der Waals surface area (Å²) in [6, 6.07) is 0.776. The Morgan fingerprint density at radius 1 is 1.29 bits per heavy atom. The molecule has 1 saturated carbocycles. The molecule has 0 aromatic carbocycles. The molecule has 0 aromatic rings. The summed E-state index contributed by atoms with van der Waals surface area (Å²) in [4.78, 5) is 0. The van der Waals surface area contributed by atoms with Crippen LogP contribution in [0.2, 0.25) is 0 Å². The summed E-state index contributed by atoms with van der Waals surface area (Å²) >= 11 is 0. The van der Waals surface area contributed by atoms with E-state index >= 15 is 0 Å². The van der Waals surface area contributed by atoms with Crippen LogP contribution in [0.1, 0.15) is 53.4 Å². The Balaban J connectivity index is 2.49. The van der Waals surface area contributed by atoms with Crippen molar-refractivity contribution in [2.45, 2.75) is 71.6 Å². The summed E-state index contributed by atoms with van der Waals surface area (Å²) in [7, 11) is 0. The highest BCUT2D eigenvalue weighted by Crippen LogP contribution is 2.35. The average molecular weight is 199 g/mol. The molecule has 1 aliphatic carbocycles. The van der Waals surface area contributed by atoms with Crippen LogP contribution in [-0.4, -0.2) is 23.3 Å². The van der Waals surface area contributed by atoms with Gasteiger partial charge in [0.05, 0.1) is 6.10 Å². The van der Waals surface area contributed by atoms with Gasteiger partial charge in [-0.25, -0.2) is 0 Å². The van der Waals surface area contributed by atoms with Gasteiger partial charge in [0.2, 0.25) is 0 Å². The molecule has 2 nitrogen and oxygen atoms in total. The van der Waals surface area contributed by atoms with Crippen LogP contribution in [-0.2, 0) is 0 Å². The zero-order valence-electron chi connectivity index (χ0n) is 10.0. The molecule has 0 aromatic heterocycles. The lowest BCUT2D eigenvalue weighted by Gasteiger charge is -2.41. The minimum absolute atomic E-state index is 0.206. The van der Waals surface area contributed by atoms with E-state index in [9.17, 15) is 5.11 Å². The third kappa shape index (κ3) is 2.96. The highest BCUT2D eigenvalue weighted by atomic mass is 16.3. The van der Waals surface area contributed by atoms with E-state index in [1.165, 1.54) is 25.7 Å². The van der Waals surface area contributed by atoms with Crippen molar-refractivity contribution in [1.29, 1.82) is 0 Å². The topological polar surface area (TPSA) is 32.3 Å². The van der Waals surface area contributed by atoms with Gasteiger partial charge < -0.3 is 10.4 Å². The Kier molecular flexibility index (Phi) is 3.96. The Hall–Kier alpha value is -0.0800. The average Bonchev–Trinajstić information content (AvgIpc) is 2.08. The number of hydrogen-bond donors (Lipinski definition) is 2. The van der Waals surface area contributed by atoms with E-state index in [-0.39, 0.29) is 12.1 Å². The molecule has 1 rings (SSSR count). The zero-order valence-corrected chi connectivity index (χ0v) is 10.0. The Morgan fingerprint density at radius 2 is 1.93 bits per heavy atom. The quantitative estimate of drug-likeness (QED) is 0.731. The van der Waals surface area contributed by atoms with Gasteiger partial charge in [0.15, 0.2) is 0 Å². The fraction of sp³-hybridized carbons (Fsp3) is 1.00. The molecular formula is C12H25NO. The predicted octanol–water partition coefficient (Wildman–Crippen LogP) is 2.31. The lowest BCUT2D eigenvalue weighted by atomic mass is 9.73. The number of nitrogens with one attached hydrogen (secondary N) is 1. The summed E-state index contributed by atoms with van der Waals surface area (Å²) < 4.78 is 0. The SMILES string of the molecule is CC(O)C(C)NC1CCCCC1(C)C. The molecule has 84 valence electrons. The van der Waals surface area contributed by atoms with Crippen LogP contribution >= 0.6 is 0 Å². The second-order valence-electron chi connectivity index (χ2n) is 5.48. The van der Waals surface area contributed by atoms with Gasteiger partial charge in [-0.3, -0.25) is 0 Å². The van der Waals surface area contributed by atoms with Crippen molar-refractivity contribution in [2.75, 3.05) is 0 Å². The molecule has 1 aliphatic rings. The van der Waals surface area contributed by atoms with Crippen LogP contribution in [0.3, 0.4) is 0 Å². The van der Waals surface area contributed by atoms with Gasteiger partial charge in [-0.05, 0) is 32.1 Å². The maximum Gasteiger partial charge on any atom is 0.0662 e. The largest absolute Gasteiger partial charge is 0.392 e. The Labute approximate surface area is 88.1 Å². The zero-order chi connectivity index (χ0) is 10.8. The van der Waals surface area contributed by atoms with Crippen molar-refractivity contribution in [3.05, 3.63) is 0 Å². The second kappa shape index (κ2) is 4.63. The molecule has 0 aliphatic heterocycles. The first-order valence-corrected chi connectivity index (χ1v) is 5.87. The van der Waals surface area contributed by atoms with Crippen LogP contribution < -0.4 is 5.32 Å². The molecule has 3 unspecified atom stereocenters. The summed E-state index contributed by atoms with van der Waals surface area (Å²) in [6.45, 7) is 8.58. The molecule has 0 radical (unpaired) electrons. The van der Waals surface area contributed by atoms with Gasteiger partial charge in [0.1, 0.15) is 0 Å². The minimum Gasteiger partial charge on any atom is -0.392 e. The Morgan fingerprint density at radius 3 is 2.43 bits per heavy atom. The summed E-state index contributed by atoms with van der Waals surface area (Å²) in [5.41, 5.74) is 0.390. The van der Waals surface area contributed by atoms with Crippen molar-refractivity contribution in [3.63, 3.8) is 0 Å². The summed E-state index contributed by atoms with van der Waals surface area (Å²) in [6.07, 6.45) is 4.98. The van der Waals surface area contributed by atoms with Crippen LogP contribution in [0, 0.1) is 5.41 Å². The van der Waals surface area contributed by atoms with Gasteiger partial charge in [-0.2, -0.15) is 0 Å². The molecule has 1 fully saturated rings. The van der Waals surface area contributed by atoms with E-state index in [0.717, 1.165) is 0 Å². The third-order valence-corrected chi connectivity index (χ3v) is 3.69. The van der Waals surface area contributed by atoms with Crippen molar-refractivity contribution in [3.8, 4) is 0 Å². The van der Waals surface area contributed by atoms with Gasteiger partial charge in [-0.15, -0.1) is 0 Å². The Bertz CT molecular complexity index is 177. The van der Waals surface area contributed by atoms with E-state index < -0.39 is 0 Å². The van der Waals surface area contributed by atoms with Crippen LogP contribution in [0.4, 0.5) is 0 Å². The smallest absolute Gasteiger partial charge is 0.0662 e. The second-order valence-corrected chi connectivity index (χ2v) is 5.48. The van der Waals surface area contributed by atoms with E-state index in [4.69, 9.17) is 0 Å². The lowest BCUT2D eigenvalue weighted by molar-refractivity contribution is 0.103. The fourth-order valence-electron chi connectivity index (χ4n) is 2.26. The van der Waals surface area contributed by atoms with Crippen molar-refractivity contribution in [2.24, 2.45) is 5.41 Å². The van der Waals surface area contributed by atoms with E-state index in [0.29, 0.717) is 11.5 Å². The first-order chi connectivity index (χ1) is 6.43. The number of aliphatic hydroxyl groups excluding tert-OH is 1. The van der Waals surface area contributed by atoms with Gasteiger partial charge >= 0.3 is 0 Å². The third-order valence-electron chi connectivity index (χ3n) is 3.69. The first-order valence-electron chi connectivity index (χ1n) is 5.87. The normalized spacial score (nSPS) is 31.1. The van der Waals surface area contributed by atoms with Crippen molar-refractivity contribution < 1.29 is 5.11 Å². The maximum absolute atomic E-state index is 9.46. The summed E-state index contributed by atoms with van der Waals surface area (Å²) in [5.74, 6) is 0. The van der Waals surface area contributed by atoms with Gasteiger partial charge in [0.25, 0.3) is 0 Å². The maximum atomic E-state index is 9.46. The molecule has 0 spiro atoms. The van der Waals surface area contributed by atoms with Crippen LogP contribution in [0.25, 0.3) is 0 Å². The highest BCUT2D eigenvalue weighted by molar-refractivity contribution is 4.89. The van der Waals surface area contributed by atoms with Crippen molar-refractivity contribution in [1.82, 2.24) is 5.32 Å². The van der Waals surface area contributed by atoms with Crippen LogP contribution in [0.5, 0.6) is 0 Å². The molecule has 0 bridgehead atoms. The molecule has 0 saturated heterocycles. The van der Waals surface area contributed by atoms with Crippen molar-refractivity contribution >= 4 is 0 Å². The molecule has 0 amide bonds. The lowest BCUT2D eigenvalue weighted by Crippen LogP contribution is -2.50. The summed E-state index contributed by atoms with van der Waals surface area (Å²) in [5, 5.41) is 13.0. The molecule has 3 atom stereocenters. The predicted molar refractivity (Wildman–Crippen MR) is 60.3 cm³/mol. The number of hydrogen-bond acceptors (Lipinski definition) is 2. The highest BCUT2D eigenvalue weighted by Gasteiger charge is 2.33. The number of rotatable bonds is 3. The molecule has 2 N–H and O–H groups in total. The fourth-order valence-corrected chi connectivity index (χ4v) is 2.26. The van der Waals surface area contributed by atoms with Crippen LogP contribution in [0.15, 0.2) is 0 Å². The number of aliphatic hydroxyl groups is 1. The molecule has 14 heavy (non-hydrogen) atoms. The first kappa shape index (κ1) is 12.0. The molecule has 2 heteroatoms.